The summed E-state index contributed by atoms with van der Waals surface area (Å²) in [6.45, 7) is 1.48. The Hall–Kier alpha value is -3.19. The van der Waals surface area contributed by atoms with E-state index in [0.29, 0.717) is 30.0 Å². The number of hydrogen-bond acceptors (Lipinski definition) is 4. The number of benzene rings is 3. The van der Waals surface area contributed by atoms with Gasteiger partial charge in [0.05, 0.1) is 16.8 Å². The molecule has 3 aromatic rings. The minimum atomic E-state index is -1.03. The molecule has 192 valence electrons. The number of carbonyl (C=O) groups excluding carboxylic acids is 2. The van der Waals surface area contributed by atoms with Gasteiger partial charge in [0.15, 0.2) is 0 Å². The molecule has 0 aromatic heterocycles. The smallest absolute Gasteiger partial charge is 0.272 e. The van der Waals surface area contributed by atoms with Gasteiger partial charge in [-0.05, 0) is 56.1 Å². The van der Waals surface area contributed by atoms with Crippen molar-refractivity contribution in [2.75, 3.05) is 25.0 Å². The van der Waals surface area contributed by atoms with E-state index in [-0.39, 0.29) is 24.2 Å². The lowest BCUT2D eigenvalue weighted by Gasteiger charge is -2.37. The van der Waals surface area contributed by atoms with Gasteiger partial charge in [-0.2, -0.15) is 0 Å². The molecule has 0 bridgehead atoms. The summed E-state index contributed by atoms with van der Waals surface area (Å²) in [5.74, 6) is -0.412. The molecule has 1 unspecified atom stereocenters. The highest BCUT2D eigenvalue weighted by Crippen LogP contribution is 2.34. The number of benzodiazepines with no additional fused rings is 1. The number of halogens is 2. The van der Waals surface area contributed by atoms with Gasteiger partial charge in [-0.25, -0.2) is 4.99 Å². The van der Waals surface area contributed by atoms with Crippen LogP contribution < -0.4 is 15.5 Å². The van der Waals surface area contributed by atoms with Crippen LogP contribution in [0.4, 0.5) is 5.69 Å². The van der Waals surface area contributed by atoms with E-state index in [1.807, 2.05) is 78.9 Å². The molecule has 0 spiro atoms. The van der Waals surface area contributed by atoms with E-state index in [9.17, 15) is 9.59 Å². The molecule has 3 aromatic carbocycles. The van der Waals surface area contributed by atoms with E-state index in [0.717, 1.165) is 35.5 Å². The molecule has 37 heavy (non-hydrogen) atoms. The monoisotopic (exact) mass is 536 g/mol. The second kappa shape index (κ2) is 11.5. The fourth-order valence-corrected chi connectivity index (χ4v) is 5.23. The molecule has 1 saturated heterocycles. The maximum absolute atomic E-state index is 13.9. The number of piperidine rings is 1. The van der Waals surface area contributed by atoms with Crippen LogP contribution in [0, 0.1) is 5.41 Å². The van der Waals surface area contributed by atoms with Gasteiger partial charge in [0.25, 0.3) is 5.91 Å². The number of likely N-dealkylation sites (N-methyl/N-ethyl adjacent to an activating group) is 1. The second-order valence-corrected chi connectivity index (χ2v) is 9.90. The summed E-state index contributed by atoms with van der Waals surface area (Å²) in [4.78, 5) is 34.0. The van der Waals surface area contributed by atoms with Crippen molar-refractivity contribution in [2.24, 2.45) is 10.4 Å². The predicted octanol–water partition coefficient (Wildman–Crippen LogP) is 4.63. The van der Waals surface area contributed by atoms with E-state index < -0.39 is 11.6 Å². The Bertz CT molecular complexity index is 1290. The number of anilines is 1. The maximum atomic E-state index is 13.9. The number of hydrogen-bond donors (Lipinski definition) is 2. The zero-order chi connectivity index (χ0) is 25.1. The van der Waals surface area contributed by atoms with Gasteiger partial charge in [0.1, 0.15) is 0 Å². The Balaban J connectivity index is 0.00000320. The number of nitrogens with one attached hydrogen (secondary N) is 2. The van der Waals surface area contributed by atoms with Gasteiger partial charge in [0, 0.05) is 23.2 Å². The van der Waals surface area contributed by atoms with Gasteiger partial charge in [-0.1, -0.05) is 72.3 Å². The molecule has 2 aliphatic rings. The molecule has 5 rings (SSSR count). The van der Waals surface area contributed by atoms with Crippen LogP contribution in [0.25, 0.3) is 0 Å². The first kappa shape index (κ1) is 26.9. The summed E-state index contributed by atoms with van der Waals surface area (Å²) >= 11 is 6.08. The minimum Gasteiger partial charge on any atom is -0.326 e. The van der Waals surface area contributed by atoms with Crippen LogP contribution in [0.5, 0.6) is 0 Å². The zero-order valence-corrected chi connectivity index (χ0v) is 22.2. The largest absolute Gasteiger partial charge is 0.326 e. The number of para-hydroxylation sites is 1. The SMILES string of the molecule is CN1C(=O)C(NC(=O)C2(Cc3ccc(Cl)cc3)CCNCC2)N=C(c2ccccc2)c2ccccc21.Cl. The van der Waals surface area contributed by atoms with E-state index in [2.05, 4.69) is 10.6 Å². The highest BCUT2D eigenvalue weighted by molar-refractivity contribution is 6.30. The second-order valence-electron chi connectivity index (χ2n) is 9.47. The average molecular weight is 537 g/mol. The normalized spacial score (nSPS) is 18.6. The Morgan fingerprint density at radius 2 is 1.68 bits per heavy atom. The van der Waals surface area contributed by atoms with E-state index in [1.54, 1.807) is 11.9 Å². The fraction of sp³-hybridized carbons (Fsp3) is 0.276. The van der Waals surface area contributed by atoms with Crippen molar-refractivity contribution in [3.63, 3.8) is 0 Å². The Morgan fingerprint density at radius 3 is 2.38 bits per heavy atom. The number of carbonyl (C=O) groups is 2. The van der Waals surface area contributed by atoms with Crippen molar-refractivity contribution in [1.29, 1.82) is 0 Å². The van der Waals surface area contributed by atoms with Crippen LogP contribution in [0.1, 0.15) is 29.5 Å². The summed E-state index contributed by atoms with van der Waals surface area (Å²) in [6, 6.07) is 25.1. The summed E-state index contributed by atoms with van der Waals surface area (Å²) in [7, 11) is 1.73. The van der Waals surface area contributed by atoms with Gasteiger partial charge in [-0.15, -0.1) is 12.4 Å². The van der Waals surface area contributed by atoms with Crippen LogP contribution >= 0.6 is 24.0 Å². The Morgan fingerprint density at radius 1 is 1.03 bits per heavy atom. The van der Waals surface area contributed by atoms with Crippen molar-refractivity contribution in [1.82, 2.24) is 10.6 Å². The number of nitrogens with zero attached hydrogens (tertiary/aromatic N) is 2. The molecular weight excluding hydrogens is 507 g/mol. The van der Waals surface area contributed by atoms with Gasteiger partial charge < -0.3 is 15.5 Å². The molecule has 2 N–H and O–H groups in total. The van der Waals surface area contributed by atoms with Gasteiger partial charge >= 0.3 is 0 Å². The van der Waals surface area contributed by atoms with Crippen LogP contribution in [-0.4, -0.2) is 43.8 Å². The predicted molar refractivity (Wildman–Crippen MR) is 151 cm³/mol. The fourth-order valence-electron chi connectivity index (χ4n) is 5.10. The van der Waals surface area contributed by atoms with E-state index in [1.165, 1.54) is 0 Å². The highest BCUT2D eigenvalue weighted by Gasteiger charge is 2.42. The topological polar surface area (TPSA) is 73.8 Å². The Kier molecular flexibility index (Phi) is 8.32. The molecule has 0 saturated carbocycles. The summed E-state index contributed by atoms with van der Waals surface area (Å²) < 4.78 is 0. The van der Waals surface area contributed by atoms with Crippen molar-refractivity contribution >= 4 is 47.2 Å². The molecule has 2 aliphatic heterocycles. The van der Waals surface area contributed by atoms with E-state index in [4.69, 9.17) is 16.6 Å². The lowest BCUT2D eigenvalue weighted by molar-refractivity contribution is -0.135. The third-order valence-corrected chi connectivity index (χ3v) is 7.41. The molecule has 2 heterocycles. The Labute approximate surface area is 228 Å². The van der Waals surface area contributed by atoms with Crippen LogP contribution in [0.15, 0.2) is 83.9 Å². The van der Waals surface area contributed by atoms with Crippen molar-refractivity contribution in [3.8, 4) is 0 Å². The zero-order valence-electron chi connectivity index (χ0n) is 20.6. The summed E-state index contributed by atoms with van der Waals surface area (Å²) in [5.41, 5.74) is 3.60. The van der Waals surface area contributed by atoms with E-state index >= 15 is 0 Å². The third-order valence-electron chi connectivity index (χ3n) is 7.16. The molecule has 1 fully saturated rings. The standard InChI is InChI=1S/C29H29ClN4O2.ClH/c1-34-24-10-6-5-9-23(24)25(21-7-3-2-4-8-21)32-26(27(34)35)33-28(36)29(15-17-31-18-16-29)19-20-11-13-22(30)14-12-20;/h2-14,26,31H,15-19H2,1H3,(H,33,36);1H. The number of rotatable bonds is 5. The van der Waals surface area contributed by atoms with Crippen LogP contribution in [-0.2, 0) is 16.0 Å². The van der Waals surface area contributed by atoms with Gasteiger partial charge in [0.2, 0.25) is 12.1 Å². The average Bonchev–Trinajstić information content (AvgIpc) is 3.02. The summed E-state index contributed by atoms with van der Waals surface area (Å²) in [6.07, 6.45) is 0.896. The first-order chi connectivity index (χ1) is 17.5. The lowest BCUT2D eigenvalue weighted by atomic mass is 9.73. The van der Waals surface area contributed by atoms with Crippen LogP contribution in [0.2, 0.25) is 5.02 Å². The minimum absolute atomic E-state index is 0. The quantitative estimate of drug-likeness (QED) is 0.499. The van der Waals surface area contributed by atoms with Gasteiger partial charge in [-0.3, -0.25) is 9.59 Å². The maximum Gasteiger partial charge on any atom is 0.272 e. The molecule has 1 atom stereocenters. The molecule has 0 aliphatic carbocycles. The van der Waals surface area contributed by atoms with Crippen LogP contribution in [0.3, 0.4) is 0 Å². The van der Waals surface area contributed by atoms with Crippen molar-refractivity contribution < 1.29 is 9.59 Å². The number of aliphatic imine (C=N–C) groups is 1. The third kappa shape index (κ3) is 5.57. The van der Waals surface area contributed by atoms with Crippen molar-refractivity contribution in [2.45, 2.75) is 25.4 Å². The van der Waals surface area contributed by atoms with Crippen molar-refractivity contribution in [3.05, 3.63) is 101 Å². The molecule has 6 nitrogen and oxygen atoms in total. The molecular formula is C29H30Cl2N4O2. The highest BCUT2D eigenvalue weighted by atomic mass is 35.5. The summed E-state index contributed by atoms with van der Waals surface area (Å²) in [5, 5.41) is 7.06. The molecule has 2 amide bonds. The lowest BCUT2D eigenvalue weighted by Crippen LogP contribution is -2.54. The first-order valence-electron chi connectivity index (χ1n) is 12.2. The molecule has 8 heteroatoms. The number of fused-ring (bicyclic) bond motifs is 1. The molecule has 0 radical (unpaired) electrons. The first-order valence-corrected chi connectivity index (χ1v) is 12.6. The number of amides is 2.